The first-order valence-electron chi connectivity index (χ1n) is 9.61. The fourth-order valence-electron chi connectivity index (χ4n) is 3.48. The highest BCUT2D eigenvalue weighted by atomic mass is 32.2. The predicted molar refractivity (Wildman–Crippen MR) is 108 cm³/mol. The van der Waals surface area contributed by atoms with Gasteiger partial charge in [0.05, 0.1) is 10.8 Å². The molecule has 4 rings (SSSR count). The molecule has 0 saturated carbocycles. The number of rotatable bonds is 5. The molecular formula is C20H22N4O5S. The number of furan rings is 1. The van der Waals surface area contributed by atoms with Crippen LogP contribution in [0.25, 0.3) is 11.6 Å². The van der Waals surface area contributed by atoms with Gasteiger partial charge in [0.25, 0.3) is 0 Å². The number of benzene rings is 1. The third-order valence-corrected chi connectivity index (χ3v) is 6.83. The molecule has 1 fully saturated rings. The van der Waals surface area contributed by atoms with Crippen molar-refractivity contribution < 1.29 is 22.2 Å². The Bertz CT molecular complexity index is 1150. The maximum atomic E-state index is 13.1. The van der Waals surface area contributed by atoms with Gasteiger partial charge in [-0.05, 0) is 56.2 Å². The van der Waals surface area contributed by atoms with E-state index >= 15 is 0 Å². The summed E-state index contributed by atoms with van der Waals surface area (Å²) in [5.41, 5.74) is 0.546. The molecule has 0 spiro atoms. The minimum atomic E-state index is -3.68. The lowest BCUT2D eigenvalue weighted by Gasteiger charge is -2.30. The molecule has 1 aliphatic heterocycles. The first-order chi connectivity index (χ1) is 14.3. The van der Waals surface area contributed by atoms with Crippen LogP contribution in [0.4, 0.5) is 5.69 Å². The molecule has 9 nitrogen and oxygen atoms in total. The zero-order chi connectivity index (χ0) is 21.3. The molecule has 30 heavy (non-hydrogen) atoms. The van der Waals surface area contributed by atoms with Gasteiger partial charge < -0.3 is 14.3 Å². The molecule has 158 valence electrons. The van der Waals surface area contributed by atoms with E-state index < -0.39 is 10.0 Å². The molecule has 3 aromatic rings. The van der Waals surface area contributed by atoms with Crippen molar-refractivity contribution in [3.8, 4) is 11.6 Å². The Morgan fingerprint density at radius 3 is 2.63 bits per heavy atom. The first kappa shape index (κ1) is 20.3. The summed E-state index contributed by atoms with van der Waals surface area (Å²) in [4.78, 5) is 15.7. The van der Waals surface area contributed by atoms with Crippen molar-refractivity contribution in [1.29, 1.82) is 0 Å². The van der Waals surface area contributed by atoms with E-state index in [1.165, 1.54) is 23.4 Å². The number of aryl methyl sites for hydroxylation is 1. The van der Waals surface area contributed by atoms with Gasteiger partial charge in [-0.3, -0.25) is 4.79 Å². The van der Waals surface area contributed by atoms with Crippen molar-refractivity contribution >= 4 is 21.6 Å². The summed E-state index contributed by atoms with van der Waals surface area (Å²) in [7, 11) is -3.68. The van der Waals surface area contributed by atoms with Gasteiger partial charge in [0, 0.05) is 25.7 Å². The van der Waals surface area contributed by atoms with Crippen molar-refractivity contribution in [2.45, 2.75) is 37.5 Å². The minimum absolute atomic E-state index is 0.175. The van der Waals surface area contributed by atoms with Gasteiger partial charge in [-0.2, -0.15) is 9.29 Å². The monoisotopic (exact) mass is 430 g/mol. The molecule has 1 aliphatic rings. The van der Waals surface area contributed by atoms with Crippen LogP contribution >= 0.6 is 0 Å². The van der Waals surface area contributed by atoms with E-state index in [1.807, 2.05) is 13.0 Å². The maximum absolute atomic E-state index is 13.1. The normalized spacial score (nSPS) is 17.7. The molecule has 3 heterocycles. The number of carbonyl (C=O) groups is 1. The number of amides is 1. The van der Waals surface area contributed by atoms with E-state index in [4.69, 9.17) is 8.94 Å². The number of aromatic nitrogens is 2. The standard InChI is InChI=1S/C20H22N4O5S/c1-13-5-10-18(28-13)19-22-20(29-23-19)15-4-3-11-24(12-15)30(26,27)17-8-6-16(7-9-17)21-14(2)25/h5-10,15H,3-4,11-12H2,1-2H3,(H,21,25)/t15-/m0/s1. The van der Waals surface area contributed by atoms with Crippen molar-refractivity contribution in [2.24, 2.45) is 0 Å². The average molecular weight is 430 g/mol. The molecular weight excluding hydrogens is 408 g/mol. The molecule has 1 aromatic carbocycles. The molecule has 10 heteroatoms. The highest BCUT2D eigenvalue weighted by Gasteiger charge is 2.33. The van der Waals surface area contributed by atoms with E-state index in [9.17, 15) is 13.2 Å². The number of carbonyl (C=O) groups excluding carboxylic acids is 1. The maximum Gasteiger partial charge on any atom is 0.243 e. The Hall–Kier alpha value is -2.98. The van der Waals surface area contributed by atoms with E-state index in [0.717, 1.165) is 12.2 Å². The summed E-state index contributed by atoms with van der Waals surface area (Å²) in [6.07, 6.45) is 1.44. The average Bonchev–Trinajstić information content (AvgIpc) is 3.37. The molecule has 0 radical (unpaired) electrons. The number of anilines is 1. The predicted octanol–water partition coefficient (Wildman–Crippen LogP) is 3.16. The number of sulfonamides is 1. The van der Waals surface area contributed by atoms with E-state index in [-0.39, 0.29) is 23.3 Å². The zero-order valence-electron chi connectivity index (χ0n) is 16.7. The largest absolute Gasteiger partial charge is 0.458 e. The lowest BCUT2D eigenvalue weighted by Crippen LogP contribution is -2.39. The summed E-state index contributed by atoms with van der Waals surface area (Å²) in [5.74, 6) is 1.61. The first-order valence-corrected chi connectivity index (χ1v) is 11.0. The Labute approximate surface area is 174 Å². The van der Waals surface area contributed by atoms with Crippen LogP contribution in [0.15, 0.2) is 50.2 Å². The fraction of sp³-hybridized carbons (Fsp3) is 0.350. The fourth-order valence-corrected chi connectivity index (χ4v) is 5.00. The highest BCUT2D eigenvalue weighted by molar-refractivity contribution is 7.89. The van der Waals surface area contributed by atoms with E-state index in [0.29, 0.717) is 36.1 Å². The molecule has 1 atom stereocenters. The summed E-state index contributed by atoms with van der Waals surface area (Å²) >= 11 is 0. The van der Waals surface area contributed by atoms with Gasteiger partial charge in [-0.15, -0.1) is 0 Å². The van der Waals surface area contributed by atoms with Crippen LogP contribution < -0.4 is 5.32 Å². The van der Waals surface area contributed by atoms with Crippen LogP contribution in [0.5, 0.6) is 0 Å². The Kier molecular flexibility index (Phi) is 5.44. The zero-order valence-corrected chi connectivity index (χ0v) is 17.5. The van der Waals surface area contributed by atoms with Gasteiger partial charge in [0.2, 0.25) is 27.6 Å². The van der Waals surface area contributed by atoms with Crippen LogP contribution in [0.3, 0.4) is 0 Å². The smallest absolute Gasteiger partial charge is 0.243 e. The van der Waals surface area contributed by atoms with Gasteiger partial charge in [-0.25, -0.2) is 8.42 Å². The molecule has 1 amide bonds. The second kappa shape index (κ2) is 8.04. The molecule has 0 unspecified atom stereocenters. The van der Waals surface area contributed by atoms with Gasteiger partial charge in [0.15, 0.2) is 5.76 Å². The highest BCUT2D eigenvalue weighted by Crippen LogP contribution is 2.31. The lowest BCUT2D eigenvalue weighted by atomic mass is 10.00. The van der Waals surface area contributed by atoms with Crippen LogP contribution in [-0.4, -0.2) is 41.9 Å². The van der Waals surface area contributed by atoms with E-state index in [1.54, 1.807) is 18.2 Å². The van der Waals surface area contributed by atoms with Crippen LogP contribution in [-0.2, 0) is 14.8 Å². The summed E-state index contributed by atoms with van der Waals surface area (Å²) in [6.45, 7) is 3.91. The number of nitrogens with zero attached hydrogens (tertiary/aromatic N) is 3. The third kappa shape index (κ3) is 4.14. The lowest BCUT2D eigenvalue weighted by molar-refractivity contribution is -0.114. The minimum Gasteiger partial charge on any atom is -0.458 e. The van der Waals surface area contributed by atoms with Crippen molar-refractivity contribution in [3.63, 3.8) is 0 Å². The Balaban J connectivity index is 1.50. The van der Waals surface area contributed by atoms with E-state index in [2.05, 4.69) is 15.5 Å². The van der Waals surface area contributed by atoms with Gasteiger partial charge in [0.1, 0.15) is 5.76 Å². The number of piperidine rings is 1. The molecule has 2 aromatic heterocycles. The Morgan fingerprint density at radius 2 is 1.97 bits per heavy atom. The SMILES string of the molecule is CC(=O)Nc1ccc(S(=O)(=O)N2CCC[C@H](c3nc(-c4ccc(C)o4)no3)C2)cc1. The number of hydrogen-bond donors (Lipinski definition) is 1. The second-order valence-corrected chi connectivity index (χ2v) is 9.21. The summed E-state index contributed by atoms with van der Waals surface area (Å²) in [6, 6.07) is 9.73. The Morgan fingerprint density at radius 1 is 1.20 bits per heavy atom. The third-order valence-electron chi connectivity index (χ3n) is 4.95. The molecule has 0 aliphatic carbocycles. The number of nitrogens with one attached hydrogen (secondary N) is 1. The summed E-state index contributed by atoms with van der Waals surface area (Å²) < 4.78 is 38.5. The molecule has 1 N–H and O–H groups in total. The van der Waals surface area contributed by atoms with Gasteiger partial charge in [-0.1, -0.05) is 5.16 Å². The van der Waals surface area contributed by atoms with Gasteiger partial charge >= 0.3 is 0 Å². The summed E-state index contributed by atoms with van der Waals surface area (Å²) in [5, 5.41) is 6.60. The quantitative estimate of drug-likeness (QED) is 0.660. The molecule has 1 saturated heterocycles. The van der Waals surface area contributed by atoms with Crippen LogP contribution in [0, 0.1) is 6.92 Å². The van der Waals surface area contributed by atoms with Crippen LogP contribution in [0.1, 0.15) is 37.3 Å². The molecule has 0 bridgehead atoms. The van der Waals surface area contributed by atoms with Crippen molar-refractivity contribution in [1.82, 2.24) is 14.4 Å². The number of hydrogen-bond acceptors (Lipinski definition) is 7. The van der Waals surface area contributed by atoms with Crippen LogP contribution in [0.2, 0.25) is 0 Å². The second-order valence-electron chi connectivity index (χ2n) is 7.27. The topological polar surface area (TPSA) is 119 Å². The van der Waals surface area contributed by atoms with Crippen molar-refractivity contribution in [3.05, 3.63) is 48.0 Å². The van der Waals surface area contributed by atoms with Crippen molar-refractivity contribution in [2.75, 3.05) is 18.4 Å².